The molecule has 0 saturated heterocycles. The minimum Gasteiger partial charge on any atom is -0.491 e. The fourth-order valence-electron chi connectivity index (χ4n) is 2.77. The Morgan fingerprint density at radius 3 is 2.73 bits per heavy atom. The predicted molar refractivity (Wildman–Crippen MR) is 96.4 cm³/mol. The molecular weight excluding hydrogens is 334 g/mol. The average molecular weight is 357 g/mol. The summed E-state index contributed by atoms with van der Waals surface area (Å²) < 4.78 is 16.2. The molecule has 1 aromatic carbocycles. The van der Waals surface area contributed by atoms with Gasteiger partial charge < -0.3 is 19.5 Å². The molecule has 0 unspecified atom stereocenters. The van der Waals surface area contributed by atoms with Crippen molar-refractivity contribution in [1.82, 2.24) is 15.3 Å². The van der Waals surface area contributed by atoms with Gasteiger partial charge in [0.2, 0.25) is 5.88 Å². The van der Waals surface area contributed by atoms with Gasteiger partial charge in [-0.15, -0.1) is 0 Å². The second kappa shape index (κ2) is 7.19. The van der Waals surface area contributed by atoms with Gasteiger partial charge in [-0.25, -0.2) is 14.8 Å². The number of nitrogens with zero attached hydrogens (tertiary/aromatic N) is 2. The van der Waals surface area contributed by atoms with Gasteiger partial charge in [-0.3, -0.25) is 0 Å². The number of hydrogen-bond acceptors (Lipinski definition) is 6. The van der Waals surface area contributed by atoms with Crippen LogP contribution in [0.2, 0.25) is 0 Å². The van der Waals surface area contributed by atoms with E-state index in [1.807, 2.05) is 39.0 Å². The first-order valence-corrected chi connectivity index (χ1v) is 8.46. The highest BCUT2D eigenvalue weighted by molar-refractivity contribution is 5.70. The minimum atomic E-state index is -0.540. The molecule has 2 heterocycles. The Labute approximate surface area is 152 Å². The minimum absolute atomic E-state index is 0.176. The summed E-state index contributed by atoms with van der Waals surface area (Å²) in [5.41, 5.74) is 2.10. The van der Waals surface area contributed by atoms with Crippen LogP contribution in [-0.2, 0) is 11.2 Å². The molecule has 2 aromatic rings. The number of aromatic nitrogens is 2. The smallest absolute Gasteiger partial charge is 0.408 e. The SMILES string of the molecule is COc1cnc(-c2cccc3c2C[C@H](NC(=O)OC(C)(C)C)CO3)cn1. The summed E-state index contributed by atoms with van der Waals surface area (Å²) in [7, 11) is 1.55. The Morgan fingerprint density at radius 1 is 1.27 bits per heavy atom. The Bertz CT molecular complexity index is 784. The van der Waals surface area contributed by atoms with Gasteiger partial charge in [0.25, 0.3) is 0 Å². The van der Waals surface area contributed by atoms with Crippen LogP contribution in [0.25, 0.3) is 11.3 Å². The molecule has 7 heteroatoms. The molecule has 0 saturated carbocycles. The zero-order valence-electron chi connectivity index (χ0n) is 15.4. The van der Waals surface area contributed by atoms with E-state index < -0.39 is 11.7 Å². The standard InChI is InChI=1S/C19H23N3O4/c1-19(2,3)26-18(23)22-12-8-14-13(6-5-7-16(14)25-11-12)15-9-21-17(24-4)10-20-15/h5-7,9-10,12H,8,11H2,1-4H3,(H,22,23)/t12-/m0/s1. The van der Waals surface area contributed by atoms with Crippen LogP contribution < -0.4 is 14.8 Å². The van der Waals surface area contributed by atoms with Crippen LogP contribution in [0, 0.1) is 0 Å². The van der Waals surface area contributed by atoms with Crippen molar-refractivity contribution in [3.63, 3.8) is 0 Å². The van der Waals surface area contributed by atoms with Gasteiger partial charge in [-0.05, 0) is 26.8 Å². The van der Waals surface area contributed by atoms with Gasteiger partial charge in [0.05, 0.1) is 31.2 Å². The maximum absolute atomic E-state index is 12.0. The van der Waals surface area contributed by atoms with Crippen LogP contribution in [0.1, 0.15) is 26.3 Å². The van der Waals surface area contributed by atoms with Gasteiger partial charge in [0.1, 0.15) is 18.0 Å². The third-order valence-electron chi connectivity index (χ3n) is 3.86. The molecule has 1 aliphatic rings. The van der Waals surface area contributed by atoms with Crippen molar-refractivity contribution >= 4 is 6.09 Å². The van der Waals surface area contributed by atoms with Gasteiger partial charge in [-0.2, -0.15) is 0 Å². The molecule has 0 aliphatic carbocycles. The molecule has 0 radical (unpaired) electrons. The molecule has 0 bridgehead atoms. The van der Waals surface area contributed by atoms with Gasteiger partial charge >= 0.3 is 6.09 Å². The topological polar surface area (TPSA) is 82.6 Å². The first-order valence-electron chi connectivity index (χ1n) is 8.46. The monoisotopic (exact) mass is 357 g/mol. The molecule has 7 nitrogen and oxygen atoms in total. The first kappa shape index (κ1) is 18.0. The average Bonchev–Trinajstić information content (AvgIpc) is 2.59. The molecule has 1 amide bonds. The summed E-state index contributed by atoms with van der Waals surface area (Å²) in [5.74, 6) is 1.25. The normalized spacial score (nSPS) is 16.2. The van der Waals surface area contributed by atoms with E-state index in [1.165, 1.54) is 0 Å². The van der Waals surface area contributed by atoms with Gasteiger partial charge in [0.15, 0.2) is 0 Å². The van der Waals surface area contributed by atoms with Crippen LogP contribution >= 0.6 is 0 Å². The summed E-state index contributed by atoms with van der Waals surface area (Å²) in [6, 6.07) is 5.63. The largest absolute Gasteiger partial charge is 0.491 e. The molecule has 138 valence electrons. The number of carbonyl (C=O) groups excluding carboxylic acids is 1. The van der Waals surface area contributed by atoms with E-state index in [4.69, 9.17) is 14.2 Å². The molecule has 26 heavy (non-hydrogen) atoms. The molecule has 0 spiro atoms. The molecule has 1 N–H and O–H groups in total. The van der Waals surface area contributed by atoms with Crippen molar-refractivity contribution in [3.05, 3.63) is 36.2 Å². The number of methoxy groups -OCH3 is 1. The highest BCUT2D eigenvalue weighted by Crippen LogP contribution is 2.33. The number of alkyl carbamates (subject to hydrolysis) is 1. The molecule has 1 aliphatic heterocycles. The number of nitrogens with one attached hydrogen (secondary N) is 1. The zero-order chi connectivity index (χ0) is 18.7. The lowest BCUT2D eigenvalue weighted by Gasteiger charge is -2.28. The van der Waals surface area contributed by atoms with Crippen molar-refractivity contribution in [1.29, 1.82) is 0 Å². The van der Waals surface area contributed by atoms with Gasteiger partial charge in [0, 0.05) is 17.5 Å². The van der Waals surface area contributed by atoms with Crippen molar-refractivity contribution in [2.75, 3.05) is 13.7 Å². The van der Waals surface area contributed by atoms with Crippen LogP contribution in [-0.4, -0.2) is 41.4 Å². The number of amides is 1. The third-order valence-corrected chi connectivity index (χ3v) is 3.86. The van der Waals surface area contributed by atoms with Crippen LogP contribution in [0.3, 0.4) is 0 Å². The van der Waals surface area contributed by atoms with E-state index in [9.17, 15) is 4.79 Å². The summed E-state index contributed by atoms with van der Waals surface area (Å²) >= 11 is 0. The Kier molecular flexibility index (Phi) is 4.97. The maximum atomic E-state index is 12.0. The maximum Gasteiger partial charge on any atom is 0.408 e. The number of benzene rings is 1. The third kappa shape index (κ3) is 4.22. The van der Waals surface area contributed by atoms with Crippen LogP contribution in [0.4, 0.5) is 4.79 Å². The van der Waals surface area contributed by atoms with Crippen LogP contribution in [0.5, 0.6) is 11.6 Å². The lowest BCUT2D eigenvalue weighted by molar-refractivity contribution is 0.0482. The number of carbonyl (C=O) groups is 1. The highest BCUT2D eigenvalue weighted by Gasteiger charge is 2.26. The predicted octanol–water partition coefficient (Wildman–Crippen LogP) is 2.98. The number of rotatable bonds is 3. The second-order valence-corrected chi connectivity index (χ2v) is 7.08. The van der Waals surface area contributed by atoms with E-state index in [0.29, 0.717) is 18.9 Å². The molecule has 3 rings (SSSR count). The van der Waals surface area contributed by atoms with E-state index in [1.54, 1.807) is 19.5 Å². The number of fused-ring (bicyclic) bond motifs is 1. The van der Waals surface area contributed by atoms with E-state index >= 15 is 0 Å². The van der Waals surface area contributed by atoms with Crippen LogP contribution in [0.15, 0.2) is 30.6 Å². The number of hydrogen-bond donors (Lipinski definition) is 1. The molecule has 1 aromatic heterocycles. The lowest BCUT2D eigenvalue weighted by Crippen LogP contribution is -2.45. The zero-order valence-corrected chi connectivity index (χ0v) is 15.4. The quantitative estimate of drug-likeness (QED) is 0.909. The Balaban J connectivity index is 1.80. The van der Waals surface area contributed by atoms with Gasteiger partial charge in [-0.1, -0.05) is 12.1 Å². The van der Waals surface area contributed by atoms with Crippen molar-refractivity contribution in [2.45, 2.75) is 38.8 Å². The van der Waals surface area contributed by atoms with E-state index in [0.717, 1.165) is 22.6 Å². The Hall–Kier alpha value is -2.83. The first-order chi connectivity index (χ1) is 12.4. The van der Waals surface area contributed by atoms with E-state index in [-0.39, 0.29) is 6.04 Å². The lowest BCUT2D eigenvalue weighted by atomic mass is 9.95. The van der Waals surface area contributed by atoms with Crippen molar-refractivity contribution in [3.8, 4) is 22.9 Å². The molecule has 0 fully saturated rings. The molecular formula is C19H23N3O4. The summed E-state index contributed by atoms with van der Waals surface area (Å²) in [6.07, 6.45) is 3.42. The summed E-state index contributed by atoms with van der Waals surface area (Å²) in [6.45, 7) is 5.89. The summed E-state index contributed by atoms with van der Waals surface area (Å²) in [4.78, 5) is 20.7. The molecule has 1 atom stereocenters. The van der Waals surface area contributed by atoms with E-state index in [2.05, 4.69) is 15.3 Å². The summed E-state index contributed by atoms with van der Waals surface area (Å²) in [5, 5.41) is 2.87. The van der Waals surface area contributed by atoms with Crippen molar-refractivity contribution in [2.24, 2.45) is 0 Å². The number of ether oxygens (including phenoxy) is 3. The fourth-order valence-corrected chi connectivity index (χ4v) is 2.77. The van der Waals surface area contributed by atoms with Crippen molar-refractivity contribution < 1.29 is 19.0 Å². The Morgan fingerprint density at radius 2 is 2.08 bits per heavy atom. The second-order valence-electron chi connectivity index (χ2n) is 7.08. The highest BCUT2D eigenvalue weighted by atomic mass is 16.6. The fraction of sp³-hybridized carbons (Fsp3) is 0.421.